The Hall–Kier alpha value is -0.970. The van der Waals surface area contributed by atoms with Gasteiger partial charge in [-0.1, -0.05) is 0 Å². The third kappa shape index (κ3) is 7.67. The van der Waals surface area contributed by atoms with Crippen molar-refractivity contribution in [2.75, 3.05) is 5.75 Å². The Kier molecular flexibility index (Phi) is 6.92. The summed E-state index contributed by atoms with van der Waals surface area (Å²) in [5.74, 6) is -1.05. The van der Waals surface area contributed by atoms with Crippen LogP contribution in [0.1, 0.15) is 19.8 Å². The summed E-state index contributed by atoms with van der Waals surface area (Å²) >= 11 is 4.02. The maximum atomic E-state index is 10.9. The fourth-order valence-corrected chi connectivity index (χ4v) is 0.997. The first-order chi connectivity index (χ1) is 6.56. The van der Waals surface area contributed by atoms with Crippen molar-refractivity contribution in [3.8, 4) is 0 Å². The number of hydrogen-bond acceptors (Lipinski definition) is 4. The van der Waals surface area contributed by atoms with Crippen LogP contribution in [0.5, 0.6) is 0 Å². The number of ether oxygens (including phenoxy) is 1. The number of carbonyl (C=O) groups excluding carboxylic acids is 1. The molecule has 14 heavy (non-hydrogen) atoms. The van der Waals surface area contributed by atoms with Gasteiger partial charge in [0, 0.05) is 12.2 Å². The van der Waals surface area contributed by atoms with Crippen molar-refractivity contribution in [1.29, 1.82) is 0 Å². The van der Waals surface area contributed by atoms with Gasteiger partial charge in [-0.25, -0.2) is 9.59 Å². The summed E-state index contributed by atoms with van der Waals surface area (Å²) in [6.45, 7) is 1.76. The number of carbonyl (C=O) groups is 2. The molecule has 0 amide bonds. The van der Waals surface area contributed by atoms with Crippen molar-refractivity contribution in [3.63, 3.8) is 0 Å². The van der Waals surface area contributed by atoms with Gasteiger partial charge in [-0.15, -0.1) is 0 Å². The normalized spacial score (nSPS) is 12.7. The van der Waals surface area contributed by atoms with Crippen LogP contribution in [-0.2, 0) is 14.3 Å². The Morgan fingerprint density at radius 1 is 1.50 bits per heavy atom. The summed E-state index contributed by atoms with van der Waals surface area (Å²) in [5.41, 5.74) is 0. The lowest BCUT2D eigenvalue weighted by molar-refractivity contribution is -0.143. The molecule has 0 rings (SSSR count). The van der Waals surface area contributed by atoms with Gasteiger partial charge in [-0.2, -0.15) is 12.6 Å². The van der Waals surface area contributed by atoms with Gasteiger partial charge < -0.3 is 9.84 Å². The van der Waals surface area contributed by atoms with E-state index >= 15 is 0 Å². The van der Waals surface area contributed by atoms with Crippen LogP contribution < -0.4 is 0 Å². The molecular formula is C9H14O4S. The van der Waals surface area contributed by atoms with Gasteiger partial charge in [-0.3, -0.25) is 0 Å². The SMILES string of the molecule is CC(CCCS)OC(=O)/C=C\C(=O)O. The molecule has 0 aliphatic heterocycles. The topological polar surface area (TPSA) is 63.6 Å². The second kappa shape index (κ2) is 7.44. The van der Waals surface area contributed by atoms with E-state index < -0.39 is 11.9 Å². The first kappa shape index (κ1) is 13.0. The van der Waals surface area contributed by atoms with Crippen molar-refractivity contribution in [2.45, 2.75) is 25.9 Å². The number of thiol groups is 1. The summed E-state index contributed by atoms with van der Waals surface area (Å²) in [4.78, 5) is 21.0. The highest BCUT2D eigenvalue weighted by atomic mass is 32.1. The molecule has 1 N–H and O–H groups in total. The average Bonchev–Trinajstić information content (AvgIpc) is 2.11. The summed E-state index contributed by atoms with van der Waals surface area (Å²) < 4.78 is 4.88. The van der Waals surface area contributed by atoms with Gasteiger partial charge in [0.05, 0.1) is 6.10 Å². The minimum atomic E-state index is -1.16. The second-order valence-corrected chi connectivity index (χ2v) is 3.23. The lowest BCUT2D eigenvalue weighted by Crippen LogP contribution is -2.13. The van der Waals surface area contributed by atoms with Gasteiger partial charge in [0.2, 0.25) is 0 Å². The lowest BCUT2D eigenvalue weighted by Gasteiger charge is -2.10. The van der Waals surface area contributed by atoms with Crippen LogP contribution in [0.3, 0.4) is 0 Å². The first-order valence-electron chi connectivity index (χ1n) is 4.28. The molecule has 0 aromatic carbocycles. The predicted molar refractivity (Wildman–Crippen MR) is 55.4 cm³/mol. The number of hydrogen-bond donors (Lipinski definition) is 2. The van der Waals surface area contributed by atoms with E-state index in [0.717, 1.165) is 30.7 Å². The van der Waals surface area contributed by atoms with Gasteiger partial charge >= 0.3 is 11.9 Å². The number of aliphatic carboxylic acids is 1. The Morgan fingerprint density at radius 3 is 2.64 bits per heavy atom. The van der Waals surface area contributed by atoms with E-state index in [4.69, 9.17) is 9.84 Å². The van der Waals surface area contributed by atoms with E-state index in [2.05, 4.69) is 12.6 Å². The quantitative estimate of drug-likeness (QED) is 0.400. The van der Waals surface area contributed by atoms with E-state index in [0.29, 0.717) is 0 Å². The molecule has 0 spiro atoms. The molecule has 5 heteroatoms. The van der Waals surface area contributed by atoms with Crippen LogP contribution in [0, 0.1) is 0 Å². The lowest BCUT2D eigenvalue weighted by atomic mass is 10.2. The number of carboxylic acid groups (broad SMARTS) is 1. The summed E-state index contributed by atoms with van der Waals surface area (Å²) in [6.07, 6.45) is 3.05. The zero-order valence-corrected chi connectivity index (χ0v) is 8.87. The van der Waals surface area contributed by atoms with Gasteiger partial charge in [0.25, 0.3) is 0 Å². The zero-order valence-electron chi connectivity index (χ0n) is 7.97. The standard InChI is InChI=1S/C9H14O4S/c1-7(3-2-6-14)13-9(12)5-4-8(10)11/h4-5,7,14H,2-3,6H2,1H3,(H,10,11)/b5-4-. The van der Waals surface area contributed by atoms with Crippen LogP contribution in [0.4, 0.5) is 0 Å². The number of rotatable bonds is 6. The van der Waals surface area contributed by atoms with Crippen molar-refractivity contribution in [1.82, 2.24) is 0 Å². The van der Waals surface area contributed by atoms with Crippen molar-refractivity contribution in [2.24, 2.45) is 0 Å². The molecule has 0 bridgehead atoms. The van der Waals surface area contributed by atoms with Crippen LogP contribution in [0.2, 0.25) is 0 Å². The molecule has 4 nitrogen and oxygen atoms in total. The van der Waals surface area contributed by atoms with Gasteiger partial charge in [0.1, 0.15) is 0 Å². The van der Waals surface area contributed by atoms with E-state index in [9.17, 15) is 9.59 Å². The van der Waals surface area contributed by atoms with Gasteiger partial charge in [-0.05, 0) is 25.5 Å². The highest BCUT2D eigenvalue weighted by Gasteiger charge is 2.06. The largest absolute Gasteiger partial charge is 0.478 e. The summed E-state index contributed by atoms with van der Waals surface area (Å²) in [7, 11) is 0. The molecule has 0 heterocycles. The molecular weight excluding hydrogens is 204 g/mol. The third-order valence-corrected chi connectivity index (χ3v) is 1.76. The maximum absolute atomic E-state index is 10.9. The molecule has 0 radical (unpaired) electrons. The van der Waals surface area contributed by atoms with E-state index in [1.54, 1.807) is 6.92 Å². The third-order valence-electron chi connectivity index (χ3n) is 1.45. The van der Waals surface area contributed by atoms with Crippen molar-refractivity contribution >= 4 is 24.6 Å². The minimum absolute atomic E-state index is 0.201. The second-order valence-electron chi connectivity index (χ2n) is 2.78. The molecule has 0 aliphatic carbocycles. The smallest absolute Gasteiger partial charge is 0.331 e. The molecule has 1 unspecified atom stereocenters. The van der Waals surface area contributed by atoms with E-state index in [1.807, 2.05) is 0 Å². The molecule has 0 saturated heterocycles. The molecule has 0 saturated carbocycles. The molecule has 0 aromatic heterocycles. The average molecular weight is 218 g/mol. The minimum Gasteiger partial charge on any atom is -0.478 e. The fourth-order valence-electron chi connectivity index (χ4n) is 0.815. The molecule has 0 aliphatic rings. The maximum Gasteiger partial charge on any atom is 0.331 e. The van der Waals surface area contributed by atoms with Crippen molar-refractivity contribution < 1.29 is 19.4 Å². The van der Waals surface area contributed by atoms with Crippen LogP contribution in [0.25, 0.3) is 0 Å². The Morgan fingerprint density at radius 2 is 2.14 bits per heavy atom. The predicted octanol–water partition coefficient (Wildman–Crippen LogP) is 1.27. The van der Waals surface area contributed by atoms with E-state index in [-0.39, 0.29) is 6.10 Å². The monoisotopic (exact) mass is 218 g/mol. The molecule has 0 fully saturated rings. The molecule has 0 aromatic rings. The summed E-state index contributed by atoms with van der Waals surface area (Å²) in [5, 5.41) is 8.23. The highest BCUT2D eigenvalue weighted by Crippen LogP contribution is 2.03. The molecule has 80 valence electrons. The van der Waals surface area contributed by atoms with Crippen molar-refractivity contribution in [3.05, 3.63) is 12.2 Å². The van der Waals surface area contributed by atoms with E-state index in [1.165, 1.54) is 0 Å². The van der Waals surface area contributed by atoms with Crippen LogP contribution in [0.15, 0.2) is 12.2 Å². The Balaban J connectivity index is 3.76. The zero-order chi connectivity index (χ0) is 11.0. The highest BCUT2D eigenvalue weighted by molar-refractivity contribution is 7.80. The van der Waals surface area contributed by atoms with Crippen LogP contribution >= 0.6 is 12.6 Å². The fraction of sp³-hybridized carbons (Fsp3) is 0.556. The molecule has 1 atom stereocenters. The van der Waals surface area contributed by atoms with Gasteiger partial charge in [0.15, 0.2) is 0 Å². The first-order valence-corrected chi connectivity index (χ1v) is 4.92. The van der Waals surface area contributed by atoms with Crippen LogP contribution in [-0.4, -0.2) is 28.9 Å². The Labute approximate surface area is 88.4 Å². The number of esters is 1. The number of carboxylic acids is 1. The Bertz CT molecular complexity index is 225. The summed E-state index contributed by atoms with van der Waals surface area (Å²) in [6, 6.07) is 0.